The zero-order valence-corrected chi connectivity index (χ0v) is 14.7. The first-order valence-electron chi connectivity index (χ1n) is 8.32. The molecular formula is C18H22FN5O2. The van der Waals surface area contributed by atoms with E-state index < -0.39 is 5.82 Å². The molecule has 7 nitrogen and oxygen atoms in total. The van der Waals surface area contributed by atoms with Gasteiger partial charge < -0.3 is 26.4 Å². The predicted octanol–water partition coefficient (Wildman–Crippen LogP) is 1.90. The molecule has 0 fully saturated rings. The number of nitrogens with one attached hydrogen (secondary N) is 3. The lowest BCUT2D eigenvalue weighted by Crippen LogP contribution is -2.33. The predicted molar refractivity (Wildman–Crippen MR) is 98.2 cm³/mol. The molecule has 0 bridgehead atoms. The number of benzene rings is 1. The van der Waals surface area contributed by atoms with E-state index in [2.05, 4.69) is 20.9 Å². The number of nitrogens with zero attached hydrogens (tertiary/aromatic N) is 1. The highest BCUT2D eigenvalue weighted by atomic mass is 19.1. The van der Waals surface area contributed by atoms with Crippen molar-refractivity contribution in [2.45, 2.75) is 19.5 Å². The van der Waals surface area contributed by atoms with Gasteiger partial charge in [-0.25, -0.2) is 9.37 Å². The highest BCUT2D eigenvalue weighted by Crippen LogP contribution is 2.31. The Labute approximate surface area is 151 Å². The first-order valence-corrected chi connectivity index (χ1v) is 8.32. The number of hydrogen-bond donors (Lipinski definition) is 4. The molecule has 1 amide bonds. The van der Waals surface area contributed by atoms with Gasteiger partial charge in [-0.05, 0) is 24.6 Å². The van der Waals surface area contributed by atoms with E-state index in [0.717, 1.165) is 11.3 Å². The van der Waals surface area contributed by atoms with Gasteiger partial charge in [0.15, 0.2) is 11.6 Å². The second kappa shape index (κ2) is 7.67. The molecule has 1 aliphatic heterocycles. The van der Waals surface area contributed by atoms with Gasteiger partial charge in [0.05, 0.1) is 12.2 Å². The van der Waals surface area contributed by atoms with Gasteiger partial charge in [-0.3, -0.25) is 4.79 Å². The second-order valence-corrected chi connectivity index (χ2v) is 6.25. The minimum Gasteiger partial charge on any atom is -0.383 e. The van der Waals surface area contributed by atoms with Crippen LogP contribution in [0.2, 0.25) is 0 Å². The third-order valence-electron chi connectivity index (χ3n) is 4.08. The third-order valence-corrected chi connectivity index (χ3v) is 4.08. The van der Waals surface area contributed by atoms with Gasteiger partial charge in [-0.15, -0.1) is 0 Å². The van der Waals surface area contributed by atoms with Crippen LogP contribution >= 0.6 is 0 Å². The lowest BCUT2D eigenvalue weighted by molar-refractivity contribution is 0.0966. The Hall–Kier alpha value is -2.71. The second-order valence-electron chi connectivity index (χ2n) is 6.25. The molecule has 2 aromatic rings. The summed E-state index contributed by atoms with van der Waals surface area (Å²) in [5.41, 5.74) is 8.23. The van der Waals surface area contributed by atoms with Crippen molar-refractivity contribution in [1.82, 2.24) is 10.3 Å². The summed E-state index contributed by atoms with van der Waals surface area (Å²) < 4.78 is 19.7. The van der Waals surface area contributed by atoms with Crippen molar-refractivity contribution in [3.8, 4) is 0 Å². The van der Waals surface area contributed by atoms with Crippen LogP contribution in [-0.4, -0.2) is 37.2 Å². The summed E-state index contributed by atoms with van der Waals surface area (Å²) in [5.74, 6) is -0.520. The van der Waals surface area contributed by atoms with Gasteiger partial charge in [0.1, 0.15) is 5.82 Å². The molecule has 1 aromatic carbocycles. The summed E-state index contributed by atoms with van der Waals surface area (Å²) in [7, 11) is 1.55. The number of rotatable bonds is 7. The summed E-state index contributed by atoms with van der Waals surface area (Å²) in [6, 6.07) is 7.34. The monoisotopic (exact) mass is 359 g/mol. The maximum atomic E-state index is 14.7. The van der Waals surface area contributed by atoms with E-state index in [1.54, 1.807) is 7.11 Å². The number of ether oxygens (including phenoxy) is 1. The van der Waals surface area contributed by atoms with E-state index in [-0.39, 0.29) is 29.9 Å². The van der Waals surface area contributed by atoms with Crippen molar-refractivity contribution in [2.75, 3.05) is 30.9 Å². The molecule has 0 saturated heterocycles. The van der Waals surface area contributed by atoms with Crippen LogP contribution in [0, 0.1) is 12.7 Å². The first kappa shape index (κ1) is 18.1. The smallest absolute Gasteiger partial charge is 0.255 e. The molecule has 0 radical (unpaired) electrons. The quantitative estimate of drug-likeness (QED) is 0.602. The molecule has 8 heteroatoms. The molecule has 1 aromatic heterocycles. The number of aryl methyl sites for hydroxylation is 1. The van der Waals surface area contributed by atoms with Crippen LogP contribution in [0.4, 0.5) is 21.7 Å². The van der Waals surface area contributed by atoms with Gasteiger partial charge in [-0.2, -0.15) is 0 Å². The maximum absolute atomic E-state index is 14.7. The van der Waals surface area contributed by atoms with Crippen LogP contribution in [-0.2, 0) is 11.3 Å². The van der Waals surface area contributed by atoms with Gasteiger partial charge in [0.25, 0.3) is 5.91 Å². The molecule has 2 heterocycles. The molecule has 0 saturated carbocycles. The average molecular weight is 359 g/mol. The van der Waals surface area contributed by atoms with Crippen LogP contribution in [0.5, 0.6) is 0 Å². The molecule has 1 aliphatic rings. The van der Waals surface area contributed by atoms with Crippen molar-refractivity contribution < 1.29 is 13.9 Å². The molecule has 1 atom stereocenters. The highest BCUT2D eigenvalue weighted by Gasteiger charge is 2.29. The fraction of sp³-hybridized carbons (Fsp3) is 0.333. The lowest BCUT2D eigenvalue weighted by Gasteiger charge is -2.16. The van der Waals surface area contributed by atoms with Gasteiger partial charge in [0, 0.05) is 37.5 Å². The Morgan fingerprint density at radius 2 is 2.23 bits per heavy atom. The van der Waals surface area contributed by atoms with E-state index in [4.69, 9.17) is 10.5 Å². The van der Waals surface area contributed by atoms with Crippen LogP contribution in [0.25, 0.3) is 0 Å². The molecular weight excluding hydrogens is 337 g/mol. The SMILES string of the molecule is COC[C@H](N)CNc1nc(Nc2cccc(C)c2)c2c(c1F)CNC2=O. The summed E-state index contributed by atoms with van der Waals surface area (Å²) in [4.78, 5) is 16.4. The van der Waals surface area contributed by atoms with E-state index in [1.807, 2.05) is 31.2 Å². The number of methoxy groups -OCH3 is 1. The third kappa shape index (κ3) is 3.76. The Kier molecular flexibility index (Phi) is 5.34. The molecule has 0 aliphatic carbocycles. The van der Waals surface area contributed by atoms with Crippen LogP contribution in [0.1, 0.15) is 21.5 Å². The largest absolute Gasteiger partial charge is 0.383 e. The number of aromatic nitrogens is 1. The summed E-state index contributed by atoms with van der Waals surface area (Å²) in [6.07, 6.45) is 0. The number of pyridine rings is 1. The van der Waals surface area contributed by atoms with E-state index >= 15 is 0 Å². The van der Waals surface area contributed by atoms with Crippen molar-refractivity contribution >= 4 is 23.2 Å². The Bertz CT molecular complexity index is 827. The van der Waals surface area contributed by atoms with Gasteiger partial charge in [-0.1, -0.05) is 12.1 Å². The van der Waals surface area contributed by atoms with E-state index in [1.165, 1.54) is 0 Å². The van der Waals surface area contributed by atoms with E-state index in [0.29, 0.717) is 24.5 Å². The van der Waals surface area contributed by atoms with Crippen molar-refractivity contribution in [1.29, 1.82) is 0 Å². The minimum atomic E-state index is -0.544. The number of hydrogen-bond acceptors (Lipinski definition) is 6. The number of halogens is 1. The Morgan fingerprint density at radius 3 is 2.96 bits per heavy atom. The number of carbonyl (C=O) groups is 1. The molecule has 3 rings (SSSR count). The summed E-state index contributed by atoms with van der Waals surface area (Å²) in [6.45, 7) is 2.73. The summed E-state index contributed by atoms with van der Waals surface area (Å²) in [5, 5.41) is 8.68. The number of amides is 1. The fourth-order valence-electron chi connectivity index (χ4n) is 2.85. The zero-order valence-electron chi connectivity index (χ0n) is 14.7. The molecule has 0 unspecified atom stereocenters. The van der Waals surface area contributed by atoms with Crippen molar-refractivity contribution in [3.05, 3.63) is 46.8 Å². The standard InChI is InChI=1S/C18H22FN5O2/c1-10-4-3-5-12(6-10)23-16-14-13(8-22-18(14)25)15(19)17(24-16)21-7-11(20)9-26-2/h3-6,11H,7-9,20H2,1-2H3,(H,22,25)(H2,21,23,24)/t11-/m1/s1. The van der Waals surface area contributed by atoms with Gasteiger partial charge in [0.2, 0.25) is 0 Å². The molecule has 5 N–H and O–H groups in total. The molecule has 26 heavy (non-hydrogen) atoms. The number of carbonyl (C=O) groups excluding carboxylic acids is 1. The van der Waals surface area contributed by atoms with E-state index in [9.17, 15) is 9.18 Å². The zero-order chi connectivity index (χ0) is 18.7. The lowest BCUT2D eigenvalue weighted by atomic mass is 10.1. The highest BCUT2D eigenvalue weighted by molar-refractivity contribution is 6.03. The first-order chi connectivity index (χ1) is 12.5. The Morgan fingerprint density at radius 1 is 1.42 bits per heavy atom. The van der Waals surface area contributed by atoms with Crippen LogP contribution in [0.15, 0.2) is 24.3 Å². The fourth-order valence-corrected chi connectivity index (χ4v) is 2.85. The Balaban J connectivity index is 1.93. The number of fused-ring (bicyclic) bond motifs is 1. The average Bonchev–Trinajstić information content (AvgIpc) is 2.99. The van der Waals surface area contributed by atoms with Crippen molar-refractivity contribution in [3.63, 3.8) is 0 Å². The molecule has 0 spiro atoms. The maximum Gasteiger partial charge on any atom is 0.255 e. The number of anilines is 3. The molecule has 138 valence electrons. The van der Waals surface area contributed by atoms with Crippen molar-refractivity contribution in [2.24, 2.45) is 5.73 Å². The summed E-state index contributed by atoms with van der Waals surface area (Å²) >= 11 is 0. The normalized spacial score (nSPS) is 13.9. The number of nitrogens with two attached hydrogens (primary N) is 1. The van der Waals surface area contributed by atoms with Crippen LogP contribution in [0.3, 0.4) is 0 Å². The minimum absolute atomic E-state index is 0.0574. The topological polar surface area (TPSA) is 101 Å². The van der Waals surface area contributed by atoms with Gasteiger partial charge >= 0.3 is 0 Å². The van der Waals surface area contributed by atoms with Crippen LogP contribution < -0.4 is 21.7 Å².